The van der Waals surface area contributed by atoms with Gasteiger partial charge >= 0.3 is 0 Å². The van der Waals surface area contributed by atoms with E-state index in [1.165, 1.54) is 48.5 Å². The lowest BCUT2D eigenvalue weighted by Crippen LogP contribution is -2.03. The molecule has 61 heavy (non-hydrogen) atoms. The molecular weight excluding hydrogens is 745 g/mol. The Labute approximate surface area is 347 Å². The number of nitrogens with zero attached hydrogens (tertiary/aromatic N) is 4. The van der Waals surface area contributed by atoms with Crippen molar-refractivity contribution in [2.75, 3.05) is 0 Å². The minimum atomic E-state index is 0.514. The van der Waals surface area contributed by atoms with Crippen LogP contribution in [0.3, 0.4) is 0 Å². The maximum Gasteiger partial charge on any atom is 0.247 e. The summed E-state index contributed by atoms with van der Waals surface area (Å²) < 4.78 is 11.2. The summed E-state index contributed by atoms with van der Waals surface area (Å²) in [5.41, 5.74) is 9.30. The van der Waals surface area contributed by atoms with Crippen LogP contribution in [-0.2, 0) is 0 Å². The Bertz CT molecular complexity index is 4140. The number of furan rings is 1. The van der Waals surface area contributed by atoms with Crippen molar-refractivity contribution in [3.63, 3.8) is 0 Å². The summed E-state index contributed by atoms with van der Waals surface area (Å²) in [6, 6.07) is 69.6. The normalized spacial score (nSPS) is 12.3. The number of rotatable bonds is 3. The lowest BCUT2D eigenvalue weighted by Gasteiger charge is -2.15. The number of hydrogen-bond donors (Lipinski definition) is 0. The van der Waals surface area contributed by atoms with Gasteiger partial charge in [-0.25, -0.2) is 9.97 Å². The number of para-hydroxylation sites is 3. The first kappa shape index (κ1) is 32.7. The molecule has 0 N–H and O–H groups in total. The van der Waals surface area contributed by atoms with E-state index in [-0.39, 0.29) is 0 Å². The van der Waals surface area contributed by atoms with Gasteiger partial charge in [0.25, 0.3) is 0 Å². The molecule has 282 valence electrons. The van der Waals surface area contributed by atoms with Crippen molar-refractivity contribution >= 4 is 109 Å². The maximum atomic E-state index is 6.51. The third-order valence-corrected chi connectivity index (χ3v) is 12.9. The summed E-state index contributed by atoms with van der Waals surface area (Å²) in [4.78, 5) is 11.2. The van der Waals surface area contributed by atoms with Crippen molar-refractivity contribution in [3.05, 3.63) is 194 Å². The van der Waals surface area contributed by atoms with E-state index in [0.717, 1.165) is 77.5 Å². The molecule has 4 heterocycles. The van der Waals surface area contributed by atoms with Crippen molar-refractivity contribution in [2.45, 2.75) is 0 Å². The topological polar surface area (TPSA) is 48.8 Å². The van der Waals surface area contributed by atoms with Crippen LogP contribution in [0.5, 0.6) is 0 Å². The lowest BCUT2D eigenvalue weighted by atomic mass is 9.91. The molecule has 0 amide bonds. The van der Waals surface area contributed by atoms with Gasteiger partial charge in [-0.05, 0) is 80.8 Å². The highest BCUT2D eigenvalue weighted by Gasteiger charge is 2.26. The second-order valence-electron chi connectivity index (χ2n) is 16.1. The second kappa shape index (κ2) is 12.1. The molecule has 0 atom stereocenters. The summed E-state index contributed by atoms with van der Waals surface area (Å²) in [5, 5.41) is 15.4. The fourth-order valence-corrected chi connectivity index (χ4v) is 10.3. The molecule has 5 heteroatoms. The van der Waals surface area contributed by atoms with E-state index in [1.54, 1.807) is 0 Å². The van der Waals surface area contributed by atoms with Gasteiger partial charge in [0.1, 0.15) is 16.8 Å². The van der Waals surface area contributed by atoms with E-state index in [4.69, 9.17) is 14.4 Å². The van der Waals surface area contributed by atoms with Crippen molar-refractivity contribution in [1.82, 2.24) is 19.1 Å². The monoisotopic (exact) mass is 776 g/mol. The molecule has 0 aliphatic rings. The van der Waals surface area contributed by atoms with Gasteiger partial charge in [0.15, 0.2) is 5.82 Å². The highest BCUT2D eigenvalue weighted by Crippen LogP contribution is 2.46. The zero-order chi connectivity index (χ0) is 39.8. The molecule has 0 saturated carbocycles. The summed E-state index contributed by atoms with van der Waals surface area (Å²) in [7, 11) is 0. The van der Waals surface area contributed by atoms with E-state index in [9.17, 15) is 0 Å². The van der Waals surface area contributed by atoms with E-state index < -0.39 is 0 Å². The first-order chi connectivity index (χ1) is 30.3. The molecule has 14 rings (SSSR count). The Balaban J connectivity index is 1.17. The van der Waals surface area contributed by atoms with Crippen LogP contribution in [-0.4, -0.2) is 19.1 Å². The van der Waals surface area contributed by atoms with Gasteiger partial charge in [0.2, 0.25) is 5.71 Å². The fourth-order valence-electron chi connectivity index (χ4n) is 10.3. The molecule has 5 nitrogen and oxygen atoms in total. The maximum absolute atomic E-state index is 6.51. The second-order valence-corrected chi connectivity index (χ2v) is 16.1. The standard InChI is InChI=1S/C56H32N4O/c1-2-15-35(16-3-1)59-46-24-12-10-21-40(46)45-32-34(27-30-47(45)59)52-55(57-53-43-23-11-13-25-49(43)61-56(53)58-52)60-48-31-29-42-39-20-7-6-18-37(39)38-19-8-9-22-41(38)50(42)51(48)44-28-26-33-14-4-5-17-36(33)54(44)60/h1-32H. The first-order valence-corrected chi connectivity index (χ1v) is 20.8. The van der Waals surface area contributed by atoms with E-state index in [0.29, 0.717) is 5.71 Å². The first-order valence-electron chi connectivity index (χ1n) is 20.8. The van der Waals surface area contributed by atoms with Gasteiger partial charge in [0.05, 0.1) is 22.1 Å². The zero-order valence-electron chi connectivity index (χ0n) is 32.7. The summed E-state index contributed by atoms with van der Waals surface area (Å²) in [6.45, 7) is 0. The molecule has 0 aliphatic heterocycles. The predicted octanol–water partition coefficient (Wildman–Crippen LogP) is 14.8. The predicted molar refractivity (Wildman–Crippen MR) is 253 cm³/mol. The van der Waals surface area contributed by atoms with Gasteiger partial charge in [0, 0.05) is 49.0 Å². The SMILES string of the molecule is c1ccc(-n2c3ccccc3c3cc(-c4nc5oc6ccccc6c5nc4-n4c5ccc6c7ccccc7c7ccccc7c6c5c5ccc6ccccc6c54)ccc32)cc1. The molecule has 0 spiro atoms. The fraction of sp³-hybridized carbons (Fsp3) is 0. The van der Waals surface area contributed by atoms with E-state index in [2.05, 4.69) is 185 Å². The molecule has 0 fully saturated rings. The average Bonchev–Trinajstić information content (AvgIpc) is 3.98. The van der Waals surface area contributed by atoms with Crippen molar-refractivity contribution in [1.29, 1.82) is 0 Å². The summed E-state index contributed by atoms with van der Waals surface area (Å²) >= 11 is 0. The highest BCUT2D eigenvalue weighted by atomic mass is 16.3. The van der Waals surface area contributed by atoms with Crippen LogP contribution in [0.1, 0.15) is 0 Å². The van der Waals surface area contributed by atoms with Gasteiger partial charge in [-0.2, -0.15) is 0 Å². The van der Waals surface area contributed by atoms with Gasteiger partial charge < -0.3 is 8.98 Å². The van der Waals surface area contributed by atoms with Gasteiger partial charge in [-0.1, -0.05) is 146 Å². The van der Waals surface area contributed by atoms with Gasteiger partial charge in [-0.15, -0.1) is 0 Å². The third kappa shape index (κ3) is 4.44. The minimum Gasteiger partial charge on any atom is -0.436 e. The quantitative estimate of drug-likeness (QED) is 0.168. The Hall–Kier alpha value is -8.28. The Kier molecular flexibility index (Phi) is 6.49. The van der Waals surface area contributed by atoms with Crippen LogP contribution >= 0.6 is 0 Å². The largest absolute Gasteiger partial charge is 0.436 e. The molecular formula is C56H32N4O. The molecule has 14 aromatic rings. The third-order valence-electron chi connectivity index (χ3n) is 12.9. The van der Waals surface area contributed by atoms with Crippen LogP contribution in [0.25, 0.3) is 132 Å². The summed E-state index contributed by atoms with van der Waals surface area (Å²) in [6.07, 6.45) is 0. The number of aromatic nitrogens is 4. The highest BCUT2D eigenvalue weighted by molar-refractivity contribution is 6.36. The Morgan fingerprint density at radius 1 is 0.377 bits per heavy atom. The molecule has 0 bridgehead atoms. The molecule has 4 aromatic heterocycles. The number of benzene rings is 10. The average molecular weight is 777 g/mol. The number of hydrogen-bond acceptors (Lipinski definition) is 3. The number of fused-ring (bicyclic) bond motifs is 18. The zero-order valence-corrected chi connectivity index (χ0v) is 32.7. The molecule has 10 aromatic carbocycles. The molecule has 0 radical (unpaired) electrons. The Morgan fingerprint density at radius 2 is 0.984 bits per heavy atom. The van der Waals surface area contributed by atoms with Crippen LogP contribution in [0.15, 0.2) is 199 Å². The van der Waals surface area contributed by atoms with Crippen LogP contribution in [0.2, 0.25) is 0 Å². The Morgan fingerprint density at radius 3 is 1.80 bits per heavy atom. The lowest BCUT2D eigenvalue weighted by molar-refractivity contribution is 0.653. The summed E-state index contributed by atoms with van der Waals surface area (Å²) in [5.74, 6) is 0.756. The van der Waals surface area contributed by atoms with E-state index in [1.807, 2.05) is 18.2 Å². The molecule has 0 saturated heterocycles. The van der Waals surface area contributed by atoms with Gasteiger partial charge in [-0.3, -0.25) is 4.57 Å². The van der Waals surface area contributed by atoms with E-state index >= 15 is 0 Å². The van der Waals surface area contributed by atoms with Crippen LogP contribution < -0.4 is 0 Å². The van der Waals surface area contributed by atoms with Crippen molar-refractivity contribution < 1.29 is 4.42 Å². The minimum absolute atomic E-state index is 0.514. The van der Waals surface area contributed by atoms with Crippen molar-refractivity contribution in [2.24, 2.45) is 0 Å². The van der Waals surface area contributed by atoms with Crippen LogP contribution in [0.4, 0.5) is 0 Å². The van der Waals surface area contributed by atoms with Crippen molar-refractivity contribution in [3.8, 4) is 22.8 Å². The smallest absolute Gasteiger partial charge is 0.247 e. The van der Waals surface area contributed by atoms with Crippen LogP contribution in [0, 0.1) is 0 Å². The molecule has 0 aliphatic carbocycles. The molecule has 0 unspecified atom stereocenters.